The van der Waals surface area contributed by atoms with Gasteiger partial charge in [-0.3, -0.25) is 4.98 Å². The third-order valence-corrected chi connectivity index (χ3v) is 9.55. The Morgan fingerprint density at radius 3 is 2.22 bits per heavy atom. The first-order chi connectivity index (χ1) is 18.0. The highest BCUT2D eigenvalue weighted by Gasteiger charge is 2.17. The zero-order valence-corrected chi connectivity index (χ0v) is 22.2. The lowest BCUT2D eigenvalue weighted by molar-refractivity contribution is 0.670. The van der Waals surface area contributed by atoms with Crippen molar-refractivity contribution in [1.29, 1.82) is 0 Å². The van der Waals surface area contributed by atoms with Crippen LogP contribution in [0.5, 0.6) is 0 Å². The number of fused-ring (bicyclic) bond motifs is 6. The largest absolute Gasteiger partial charge is 0.455 e. The molecule has 2 nitrogen and oxygen atoms in total. The van der Waals surface area contributed by atoms with E-state index in [-0.39, 0.29) is 0 Å². The van der Waals surface area contributed by atoms with Crippen molar-refractivity contribution in [3.05, 3.63) is 109 Å². The van der Waals surface area contributed by atoms with Gasteiger partial charge in [0.15, 0.2) is 0 Å². The van der Waals surface area contributed by atoms with E-state index in [0.29, 0.717) is 0 Å². The lowest BCUT2D eigenvalue weighted by Gasteiger charge is -2.16. The molecule has 178 valence electrons. The predicted molar refractivity (Wildman–Crippen MR) is 160 cm³/mol. The number of hydrogen-bond donors (Lipinski definition) is 0. The number of pyridine rings is 1. The van der Waals surface area contributed by atoms with Gasteiger partial charge in [0, 0.05) is 22.5 Å². The van der Waals surface area contributed by atoms with Gasteiger partial charge in [0.25, 0.3) is 0 Å². The maximum atomic E-state index is 6.56. The zero-order valence-electron chi connectivity index (χ0n) is 21.2. The monoisotopic (exact) mass is 493 g/mol. The lowest BCUT2D eigenvalue weighted by atomic mass is 9.99. The molecule has 0 bridgehead atoms. The number of nitrogens with zero attached hydrogens (tertiary/aromatic N) is 1. The average molecular weight is 494 g/mol. The van der Waals surface area contributed by atoms with E-state index >= 15 is 0 Å². The van der Waals surface area contributed by atoms with Crippen LogP contribution in [-0.2, 0) is 0 Å². The molecule has 3 heteroatoms. The quantitative estimate of drug-likeness (QED) is 0.181. The standard InChI is InChI=1S/C34H27NOSi/c1-37(2,3)26-15-13-22(14-16-26)24-17-18-35-32(20-24)29-10-6-9-28-31-19-25-12-11-23-7-4-5-8-27(23)30(25)21-33(31)36-34(28)29/h4-21H,1-3H3. The van der Waals surface area contributed by atoms with Crippen LogP contribution in [0.4, 0.5) is 0 Å². The van der Waals surface area contributed by atoms with Gasteiger partial charge in [-0.15, -0.1) is 0 Å². The topological polar surface area (TPSA) is 26.0 Å². The Kier molecular flexibility index (Phi) is 4.85. The Morgan fingerprint density at radius 2 is 1.38 bits per heavy atom. The third kappa shape index (κ3) is 3.66. The molecule has 7 aromatic rings. The van der Waals surface area contributed by atoms with E-state index in [1.54, 1.807) is 0 Å². The van der Waals surface area contributed by atoms with E-state index in [0.717, 1.165) is 38.8 Å². The van der Waals surface area contributed by atoms with Gasteiger partial charge < -0.3 is 4.42 Å². The van der Waals surface area contributed by atoms with E-state index in [4.69, 9.17) is 9.40 Å². The highest BCUT2D eigenvalue weighted by Crippen LogP contribution is 2.39. The van der Waals surface area contributed by atoms with Crippen molar-refractivity contribution in [2.24, 2.45) is 0 Å². The summed E-state index contributed by atoms with van der Waals surface area (Å²) in [7, 11) is -1.33. The predicted octanol–water partition coefficient (Wildman–Crippen LogP) is 9.17. The highest BCUT2D eigenvalue weighted by atomic mass is 28.3. The summed E-state index contributed by atoms with van der Waals surface area (Å²) in [6, 6.07) is 37.1. The molecule has 0 saturated heterocycles. The number of aromatic nitrogens is 1. The minimum atomic E-state index is -1.33. The summed E-state index contributed by atoms with van der Waals surface area (Å²) in [5, 5.41) is 8.65. The first-order valence-corrected chi connectivity index (χ1v) is 16.3. The van der Waals surface area contributed by atoms with Crippen LogP contribution < -0.4 is 5.19 Å². The fraction of sp³-hybridized carbons (Fsp3) is 0.0882. The number of benzene rings is 5. The summed E-state index contributed by atoms with van der Waals surface area (Å²) in [6.45, 7) is 7.14. The maximum Gasteiger partial charge on any atom is 0.144 e. The van der Waals surface area contributed by atoms with E-state index in [1.165, 1.54) is 32.3 Å². The molecule has 0 aliphatic rings. The minimum absolute atomic E-state index is 0.885. The number of rotatable bonds is 3. The van der Waals surface area contributed by atoms with Crippen LogP contribution in [0, 0.1) is 0 Å². The molecular formula is C34H27NOSi. The minimum Gasteiger partial charge on any atom is -0.455 e. The Labute approximate surface area is 217 Å². The summed E-state index contributed by atoms with van der Waals surface area (Å²) in [6.07, 6.45) is 1.90. The van der Waals surface area contributed by atoms with Crippen molar-refractivity contribution < 1.29 is 4.42 Å². The van der Waals surface area contributed by atoms with Crippen molar-refractivity contribution >= 4 is 56.7 Å². The van der Waals surface area contributed by atoms with Gasteiger partial charge in [0.2, 0.25) is 0 Å². The van der Waals surface area contributed by atoms with E-state index in [2.05, 4.69) is 123 Å². The molecule has 0 saturated carbocycles. The molecule has 0 atom stereocenters. The molecule has 0 aliphatic heterocycles. The first-order valence-electron chi connectivity index (χ1n) is 12.8. The summed E-state index contributed by atoms with van der Waals surface area (Å²) >= 11 is 0. The molecule has 2 aromatic heterocycles. The Bertz CT molecular complexity index is 1960. The fourth-order valence-corrected chi connectivity index (χ4v) is 6.59. The third-order valence-electron chi connectivity index (χ3n) is 7.48. The molecule has 0 spiro atoms. The lowest BCUT2D eigenvalue weighted by Crippen LogP contribution is -2.37. The van der Waals surface area contributed by atoms with Crippen molar-refractivity contribution in [2.45, 2.75) is 19.6 Å². The smallest absolute Gasteiger partial charge is 0.144 e. The van der Waals surface area contributed by atoms with Crippen LogP contribution in [0.3, 0.4) is 0 Å². The van der Waals surface area contributed by atoms with Gasteiger partial charge >= 0.3 is 0 Å². The second-order valence-electron chi connectivity index (χ2n) is 10.9. The second kappa shape index (κ2) is 8.15. The Hall–Kier alpha value is -4.21. The molecule has 0 fully saturated rings. The van der Waals surface area contributed by atoms with Gasteiger partial charge in [-0.2, -0.15) is 0 Å². The number of furan rings is 1. The fourth-order valence-electron chi connectivity index (χ4n) is 5.42. The van der Waals surface area contributed by atoms with Crippen molar-refractivity contribution in [3.8, 4) is 22.4 Å². The van der Waals surface area contributed by atoms with Gasteiger partial charge in [-0.1, -0.05) is 97.6 Å². The average Bonchev–Trinajstić information content (AvgIpc) is 3.29. The summed E-state index contributed by atoms with van der Waals surface area (Å²) in [4.78, 5) is 4.76. The molecule has 7 rings (SSSR count). The van der Waals surface area contributed by atoms with Crippen molar-refractivity contribution in [2.75, 3.05) is 0 Å². The van der Waals surface area contributed by atoms with E-state index in [1.807, 2.05) is 6.20 Å². The molecule has 0 N–H and O–H groups in total. The van der Waals surface area contributed by atoms with Gasteiger partial charge in [-0.25, -0.2) is 0 Å². The summed E-state index contributed by atoms with van der Waals surface area (Å²) in [5.74, 6) is 0. The molecule has 2 heterocycles. The van der Waals surface area contributed by atoms with Gasteiger partial charge in [0.05, 0.1) is 13.8 Å². The normalized spacial score (nSPS) is 12.2. The van der Waals surface area contributed by atoms with Crippen molar-refractivity contribution in [3.63, 3.8) is 0 Å². The Balaban J connectivity index is 1.38. The number of hydrogen-bond acceptors (Lipinski definition) is 2. The molecule has 37 heavy (non-hydrogen) atoms. The maximum absolute atomic E-state index is 6.56. The zero-order chi connectivity index (χ0) is 25.1. The first kappa shape index (κ1) is 22.0. The van der Waals surface area contributed by atoms with Crippen LogP contribution in [0.15, 0.2) is 114 Å². The summed E-state index contributed by atoms with van der Waals surface area (Å²) < 4.78 is 6.56. The SMILES string of the molecule is C[Si](C)(C)c1ccc(-c2ccnc(-c3cccc4c3oc3cc5c(ccc6ccccc65)cc34)c2)cc1. The van der Waals surface area contributed by atoms with Gasteiger partial charge in [-0.05, 0) is 63.0 Å². The van der Waals surface area contributed by atoms with Gasteiger partial charge in [0.1, 0.15) is 11.2 Å². The molecule has 0 unspecified atom stereocenters. The highest BCUT2D eigenvalue weighted by molar-refractivity contribution is 6.88. The van der Waals surface area contributed by atoms with E-state index in [9.17, 15) is 0 Å². The van der Waals surface area contributed by atoms with Crippen molar-refractivity contribution in [1.82, 2.24) is 4.98 Å². The van der Waals surface area contributed by atoms with Crippen LogP contribution in [0.25, 0.3) is 65.9 Å². The second-order valence-corrected chi connectivity index (χ2v) is 16.0. The molecule has 5 aromatic carbocycles. The molecule has 0 radical (unpaired) electrons. The Morgan fingerprint density at radius 1 is 0.595 bits per heavy atom. The van der Waals surface area contributed by atoms with Crippen LogP contribution in [-0.4, -0.2) is 13.1 Å². The van der Waals surface area contributed by atoms with Crippen LogP contribution >= 0.6 is 0 Å². The van der Waals surface area contributed by atoms with Crippen LogP contribution in [0.2, 0.25) is 19.6 Å². The molecule has 0 aliphatic carbocycles. The van der Waals surface area contributed by atoms with Crippen LogP contribution in [0.1, 0.15) is 0 Å². The molecule has 0 amide bonds. The molecular weight excluding hydrogens is 466 g/mol. The summed E-state index contributed by atoms with van der Waals surface area (Å²) in [5.41, 5.74) is 6.10. The number of para-hydroxylation sites is 1. The van der Waals surface area contributed by atoms with E-state index < -0.39 is 8.07 Å².